The van der Waals surface area contributed by atoms with Gasteiger partial charge in [-0.3, -0.25) is 13.9 Å². The van der Waals surface area contributed by atoms with Crippen LogP contribution in [0, 0.1) is 5.82 Å². The molecule has 7 nitrogen and oxygen atoms in total. The first-order valence-corrected chi connectivity index (χ1v) is 14.5. The SMILES string of the molecule is CC(C)(C)c1ccc(C(=O)Nc2cccc(NC(=O)CN(c3ccc(F)c(Cl)c3)S(=O)(=O)c3ccccc3)c2)cc1. The van der Waals surface area contributed by atoms with Gasteiger partial charge >= 0.3 is 0 Å². The molecule has 0 bridgehead atoms. The fourth-order valence-corrected chi connectivity index (χ4v) is 5.61. The molecule has 0 atom stereocenters. The van der Waals surface area contributed by atoms with Crippen molar-refractivity contribution in [2.24, 2.45) is 0 Å². The van der Waals surface area contributed by atoms with E-state index in [1.165, 1.54) is 18.2 Å². The topological polar surface area (TPSA) is 95.6 Å². The van der Waals surface area contributed by atoms with E-state index in [0.717, 1.165) is 22.0 Å². The fraction of sp³-hybridized carbons (Fsp3) is 0.161. The zero-order valence-electron chi connectivity index (χ0n) is 22.7. The molecular formula is C31H29ClFN3O4S. The summed E-state index contributed by atoms with van der Waals surface area (Å²) in [5, 5.41) is 5.19. The van der Waals surface area contributed by atoms with Gasteiger partial charge in [-0.15, -0.1) is 0 Å². The predicted molar refractivity (Wildman–Crippen MR) is 161 cm³/mol. The number of halogens is 2. The van der Waals surface area contributed by atoms with Gasteiger partial charge in [-0.1, -0.05) is 68.8 Å². The highest BCUT2D eigenvalue weighted by atomic mass is 35.5. The van der Waals surface area contributed by atoms with Gasteiger partial charge in [-0.05, 0) is 71.6 Å². The summed E-state index contributed by atoms with van der Waals surface area (Å²) in [6.07, 6.45) is 0. The first-order chi connectivity index (χ1) is 19.3. The Morgan fingerprint density at radius 3 is 2.07 bits per heavy atom. The summed E-state index contributed by atoms with van der Waals surface area (Å²) in [4.78, 5) is 25.8. The quantitative estimate of drug-likeness (QED) is 0.233. The van der Waals surface area contributed by atoms with Crippen LogP contribution in [-0.4, -0.2) is 26.8 Å². The van der Waals surface area contributed by atoms with Gasteiger partial charge in [0.25, 0.3) is 15.9 Å². The molecule has 0 spiro atoms. The van der Waals surface area contributed by atoms with Crippen molar-refractivity contribution in [1.29, 1.82) is 0 Å². The van der Waals surface area contributed by atoms with Gasteiger partial charge in [0.1, 0.15) is 12.4 Å². The standard InChI is InChI=1S/C31H29ClFN3O4S/c1-31(2,3)22-14-12-21(13-15-22)30(38)35-24-9-7-8-23(18-24)34-29(37)20-36(25-16-17-28(33)27(32)19-25)41(39,40)26-10-5-4-6-11-26/h4-19H,20H2,1-3H3,(H,34,37)(H,35,38). The molecule has 0 aliphatic rings. The molecule has 0 aromatic heterocycles. The van der Waals surface area contributed by atoms with Crippen LogP contribution in [0.2, 0.25) is 5.02 Å². The van der Waals surface area contributed by atoms with E-state index < -0.39 is 28.3 Å². The molecule has 0 aliphatic carbocycles. The Balaban J connectivity index is 1.52. The number of nitrogens with one attached hydrogen (secondary N) is 2. The second-order valence-electron chi connectivity index (χ2n) is 10.3. The molecule has 212 valence electrons. The predicted octanol–water partition coefficient (Wildman–Crippen LogP) is 6.86. The lowest BCUT2D eigenvalue weighted by Gasteiger charge is -2.24. The molecule has 0 saturated carbocycles. The molecule has 10 heteroatoms. The van der Waals surface area contributed by atoms with Gasteiger partial charge < -0.3 is 10.6 Å². The van der Waals surface area contributed by atoms with Gasteiger partial charge in [0.2, 0.25) is 5.91 Å². The van der Waals surface area contributed by atoms with Gasteiger partial charge in [0, 0.05) is 16.9 Å². The van der Waals surface area contributed by atoms with Gasteiger partial charge in [-0.2, -0.15) is 0 Å². The largest absolute Gasteiger partial charge is 0.324 e. The third-order valence-corrected chi connectivity index (χ3v) is 8.30. The Morgan fingerprint density at radius 1 is 0.829 bits per heavy atom. The zero-order valence-corrected chi connectivity index (χ0v) is 24.3. The summed E-state index contributed by atoms with van der Waals surface area (Å²) in [6, 6.07) is 24.8. The first-order valence-electron chi connectivity index (χ1n) is 12.7. The van der Waals surface area contributed by atoms with E-state index in [-0.39, 0.29) is 26.9 Å². The highest BCUT2D eigenvalue weighted by Crippen LogP contribution is 2.28. The highest BCUT2D eigenvalue weighted by Gasteiger charge is 2.28. The van der Waals surface area contributed by atoms with E-state index in [9.17, 15) is 22.4 Å². The van der Waals surface area contributed by atoms with Gasteiger partial charge in [0.05, 0.1) is 15.6 Å². The van der Waals surface area contributed by atoms with Crippen LogP contribution in [0.3, 0.4) is 0 Å². The van der Waals surface area contributed by atoms with Crippen LogP contribution in [0.4, 0.5) is 21.5 Å². The van der Waals surface area contributed by atoms with E-state index in [2.05, 4.69) is 31.4 Å². The number of benzene rings is 4. The summed E-state index contributed by atoms with van der Waals surface area (Å²) in [7, 11) is -4.20. The molecule has 0 aliphatic heterocycles. The van der Waals surface area contributed by atoms with Crippen LogP contribution in [-0.2, 0) is 20.2 Å². The van der Waals surface area contributed by atoms with Crippen molar-refractivity contribution in [1.82, 2.24) is 0 Å². The summed E-state index contributed by atoms with van der Waals surface area (Å²) < 4.78 is 41.6. The summed E-state index contributed by atoms with van der Waals surface area (Å²) in [5.41, 5.74) is 2.34. The van der Waals surface area contributed by atoms with Crippen LogP contribution in [0.1, 0.15) is 36.7 Å². The third-order valence-electron chi connectivity index (χ3n) is 6.23. The maximum Gasteiger partial charge on any atom is 0.264 e. The average molecular weight is 594 g/mol. The molecule has 41 heavy (non-hydrogen) atoms. The maximum absolute atomic E-state index is 13.8. The third kappa shape index (κ3) is 7.31. The molecule has 0 saturated heterocycles. The zero-order chi connectivity index (χ0) is 29.8. The lowest BCUT2D eigenvalue weighted by molar-refractivity contribution is -0.114. The normalized spacial score (nSPS) is 11.5. The van der Waals surface area contributed by atoms with Crippen LogP contribution in [0.15, 0.2) is 102 Å². The maximum atomic E-state index is 13.8. The number of nitrogens with zero attached hydrogens (tertiary/aromatic N) is 1. The van der Waals surface area contributed by atoms with E-state index in [1.54, 1.807) is 54.6 Å². The molecule has 0 heterocycles. The molecule has 2 amide bonds. The minimum absolute atomic E-state index is 0.0221. The van der Waals surface area contributed by atoms with Crippen LogP contribution in [0.5, 0.6) is 0 Å². The van der Waals surface area contributed by atoms with Crippen molar-refractivity contribution in [3.05, 3.63) is 119 Å². The van der Waals surface area contributed by atoms with Crippen molar-refractivity contribution in [2.75, 3.05) is 21.5 Å². The Labute approximate surface area is 244 Å². The minimum Gasteiger partial charge on any atom is -0.324 e. The number of anilines is 3. The number of amides is 2. The molecule has 0 fully saturated rings. The van der Waals surface area contributed by atoms with Crippen LogP contribution in [0.25, 0.3) is 0 Å². The number of sulfonamides is 1. The molecule has 4 aromatic rings. The van der Waals surface area contributed by atoms with E-state index >= 15 is 0 Å². The Morgan fingerprint density at radius 2 is 1.46 bits per heavy atom. The average Bonchev–Trinajstić information content (AvgIpc) is 2.93. The Kier molecular flexibility index (Phi) is 8.80. The number of carbonyl (C=O) groups is 2. The smallest absolute Gasteiger partial charge is 0.264 e. The minimum atomic E-state index is -4.20. The molecule has 4 aromatic carbocycles. The van der Waals surface area contributed by atoms with Gasteiger partial charge in [-0.25, -0.2) is 12.8 Å². The second-order valence-corrected chi connectivity index (χ2v) is 12.6. The van der Waals surface area contributed by atoms with Gasteiger partial charge in [0.15, 0.2) is 0 Å². The van der Waals surface area contributed by atoms with E-state index in [4.69, 9.17) is 11.6 Å². The fourth-order valence-electron chi connectivity index (χ4n) is 4.01. The lowest BCUT2D eigenvalue weighted by atomic mass is 9.87. The van der Waals surface area contributed by atoms with Crippen molar-refractivity contribution in [3.8, 4) is 0 Å². The number of carbonyl (C=O) groups excluding carboxylic acids is 2. The van der Waals surface area contributed by atoms with Crippen molar-refractivity contribution in [2.45, 2.75) is 31.1 Å². The summed E-state index contributed by atoms with van der Waals surface area (Å²) in [5.74, 6) is -1.70. The van der Waals surface area contributed by atoms with E-state index in [1.807, 2.05) is 12.1 Å². The second kappa shape index (κ2) is 12.1. The molecular weight excluding hydrogens is 565 g/mol. The summed E-state index contributed by atoms with van der Waals surface area (Å²) in [6.45, 7) is 5.66. The molecule has 4 rings (SSSR count). The number of rotatable bonds is 8. The first kappa shape index (κ1) is 29.8. The van der Waals surface area contributed by atoms with E-state index in [0.29, 0.717) is 16.9 Å². The highest BCUT2D eigenvalue weighted by molar-refractivity contribution is 7.92. The van der Waals surface area contributed by atoms with Crippen molar-refractivity contribution >= 4 is 50.5 Å². The monoisotopic (exact) mass is 593 g/mol. The molecule has 0 radical (unpaired) electrons. The Bertz CT molecular complexity index is 1670. The molecule has 2 N–H and O–H groups in total. The van der Waals surface area contributed by atoms with Crippen molar-refractivity contribution < 1.29 is 22.4 Å². The van der Waals surface area contributed by atoms with Crippen molar-refractivity contribution in [3.63, 3.8) is 0 Å². The van der Waals surface area contributed by atoms with Crippen LogP contribution >= 0.6 is 11.6 Å². The number of hydrogen-bond acceptors (Lipinski definition) is 4. The van der Waals surface area contributed by atoms with Crippen LogP contribution < -0.4 is 14.9 Å². The summed E-state index contributed by atoms with van der Waals surface area (Å²) >= 11 is 5.92. The Hall–Kier alpha value is -4.21. The molecule has 0 unspecified atom stereocenters. The lowest BCUT2D eigenvalue weighted by Crippen LogP contribution is -2.38. The number of hydrogen-bond donors (Lipinski definition) is 2.